The molecule has 1 aromatic carbocycles. The van der Waals surface area contributed by atoms with Crippen molar-refractivity contribution < 1.29 is 0 Å². The molecule has 0 aliphatic carbocycles. The second-order valence-electron chi connectivity index (χ2n) is 5.41. The average molecular weight is 320 g/mol. The van der Waals surface area contributed by atoms with E-state index >= 15 is 0 Å². The second-order valence-corrected chi connectivity index (χ2v) is 6.33. The summed E-state index contributed by atoms with van der Waals surface area (Å²) in [4.78, 5) is 7.98. The van der Waals surface area contributed by atoms with Crippen molar-refractivity contribution in [1.82, 2.24) is 15.3 Å². The fourth-order valence-corrected chi connectivity index (χ4v) is 2.87. The Hall–Kier alpha value is -1.13. The number of nitrogens with zero attached hydrogens (tertiary/aromatic N) is 1. The van der Waals surface area contributed by atoms with Crippen molar-refractivity contribution in [2.45, 2.75) is 32.4 Å². The lowest BCUT2D eigenvalue weighted by atomic mass is 10.0. The van der Waals surface area contributed by atoms with E-state index in [-0.39, 0.29) is 0 Å². The predicted molar refractivity (Wildman–Crippen MR) is 80.8 cm³/mol. The summed E-state index contributed by atoms with van der Waals surface area (Å²) in [6.45, 7) is 4.53. The van der Waals surface area contributed by atoms with Gasteiger partial charge in [0.15, 0.2) is 0 Å². The SMILES string of the molecule is CC1N[C@H](c2ncc(-c3ccc(Br)cc3)[nH]2)C[C@H]1C. The molecule has 0 saturated carbocycles. The number of rotatable bonds is 2. The number of hydrogen-bond donors (Lipinski definition) is 2. The smallest absolute Gasteiger partial charge is 0.123 e. The van der Waals surface area contributed by atoms with E-state index in [1.54, 1.807) is 0 Å². The molecule has 2 heterocycles. The average Bonchev–Trinajstić information content (AvgIpc) is 2.99. The highest BCUT2D eigenvalue weighted by atomic mass is 79.9. The number of aromatic amines is 1. The topological polar surface area (TPSA) is 40.7 Å². The fraction of sp³-hybridized carbons (Fsp3) is 0.400. The lowest BCUT2D eigenvalue weighted by Crippen LogP contribution is -2.24. The zero-order valence-electron chi connectivity index (χ0n) is 11.2. The highest BCUT2D eigenvalue weighted by molar-refractivity contribution is 9.10. The van der Waals surface area contributed by atoms with E-state index in [0.717, 1.165) is 22.4 Å². The standard InChI is InChI=1S/C15H18BrN3/c1-9-7-13(18-10(9)2)15-17-8-14(19-15)11-3-5-12(16)6-4-11/h3-6,8-10,13,18H,7H2,1-2H3,(H,17,19)/t9-,10?,13+/m1/s1. The molecule has 2 aromatic rings. The van der Waals surface area contributed by atoms with Crippen LogP contribution in [0.1, 0.15) is 32.1 Å². The summed E-state index contributed by atoms with van der Waals surface area (Å²) in [6.07, 6.45) is 3.07. The maximum atomic E-state index is 4.54. The molecule has 3 nitrogen and oxygen atoms in total. The van der Waals surface area contributed by atoms with Crippen LogP contribution in [0.5, 0.6) is 0 Å². The number of aromatic nitrogens is 2. The molecule has 100 valence electrons. The molecule has 0 radical (unpaired) electrons. The van der Waals surface area contributed by atoms with Crippen molar-refractivity contribution in [3.63, 3.8) is 0 Å². The Kier molecular flexibility index (Phi) is 3.46. The molecule has 1 aliphatic heterocycles. The van der Waals surface area contributed by atoms with E-state index in [1.165, 1.54) is 5.56 Å². The highest BCUT2D eigenvalue weighted by Gasteiger charge is 2.29. The minimum atomic E-state index is 0.356. The van der Waals surface area contributed by atoms with Gasteiger partial charge in [0.1, 0.15) is 5.82 Å². The summed E-state index contributed by atoms with van der Waals surface area (Å²) in [5.74, 6) is 1.75. The molecule has 1 fully saturated rings. The third-order valence-electron chi connectivity index (χ3n) is 4.01. The van der Waals surface area contributed by atoms with Crippen molar-refractivity contribution in [1.29, 1.82) is 0 Å². The Morgan fingerprint density at radius 2 is 1.95 bits per heavy atom. The van der Waals surface area contributed by atoms with Crippen LogP contribution in [0.2, 0.25) is 0 Å². The molecule has 1 saturated heterocycles. The third-order valence-corrected chi connectivity index (χ3v) is 4.53. The first kappa shape index (κ1) is 12.9. The molecule has 3 atom stereocenters. The molecule has 0 amide bonds. The molecular formula is C15H18BrN3. The summed E-state index contributed by atoms with van der Waals surface area (Å²) in [5.41, 5.74) is 2.25. The fourth-order valence-electron chi connectivity index (χ4n) is 2.61. The van der Waals surface area contributed by atoms with E-state index in [0.29, 0.717) is 18.0 Å². The van der Waals surface area contributed by atoms with Crippen molar-refractivity contribution in [2.75, 3.05) is 0 Å². The van der Waals surface area contributed by atoms with Crippen LogP contribution < -0.4 is 5.32 Å². The van der Waals surface area contributed by atoms with E-state index in [9.17, 15) is 0 Å². The van der Waals surface area contributed by atoms with Gasteiger partial charge in [0.25, 0.3) is 0 Å². The normalized spacial score (nSPS) is 26.8. The van der Waals surface area contributed by atoms with E-state index in [4.69, 9.17) is 0 Å². The number of hydrogen-bond acceptors (Lipinski definition) is 2. The van der Waals surface area contributed by atoms with Crippen LogP contribution in [0.15, 0.2) is 34.9 Å². The van der Waals surface area contributed by atoms with Gasteiger partial charge in [0.2, 0.25) is 0 Å². The van der Waals surface area contributed by atoms with Gasteiger partial charge in [-0.2, -0.15) is 0 Å². The van der Waals surface area contributed by atoms with Crippen LogP contribution in [0, 0.1) is 5.92 Å². The Morgan fingerprint density at radius 1 is 1.21 bits per heavy atom. The summed E-state index contributed by atoms with van der Waals surface area (Å²) in [6, 6.07) is 9.20. The molecular weight excluding hydrogens is 302 g/mol. The first-order chi connectivity index (χ1) is 9.13. The minimum Gasteiger partial charge on any atom is -0.341 e. The number of nitrogens with one attached hydrogen (secondary N) is 2. The lowest BCUT2D eigenvalue weighted by molar-refractivity contribution is 0.516. The minimum absolute atomic E-state index is 0.356. The molecule has 4 heteroatoms. The van der Waals surface area contributed by atoms with Gasteiger partial charge in [-0.05, 0) is 37.0 Å². The van der Waals surface area contributed by atoms with E-state index < -0.39 is 0 Å². The number of halogens is 1. The Morgan fingerprint density at radius 3 is 2.58 bits per heavy atom. The Bertz CT molecular complexity index is 551. The third kappa shape index (κ3) is 2.60. The Labute approximate surface area is 122 Å². The van der Waals surface area contributed by atoms with Gasteiger partial charge in [-0.1, -0.05) is 35.0 Å². The van der Waals surface area contributed by atoms with Gasteiger partial charge in [0, 0.05) is 10.5 Å². The van der Waals surface area contributed by atoms with Crippen LogP contribution in [0.25, 0.3) is 11.3 Å². The monoisotopic (exact) mass is 319 g/mol. The van der Waals surface area contributed by atoms with Crippen LogP contribution >= 0.6 is 15.9 Å². The van der Waals surface area contributed by atoms with Crippen molar-refractivity contribution in [2.24, 2.45) is 5.92 Å². The lowest BCUT2D eigenvalue weighted by Gasteiger charge is -2.08. The van der Waals surface area contributed by atoms with Crippen molar-refractivity contribution in [3.8, 4) is 11.3 Å². The predicted octanol–water partition coefficient (Wildman–Crippen LogP) is 3.90. The van der Waals surface area contributed by atoms with Gasteiger partial charge >= 0.3 is 0 Å². The molecule has 3 rings (SSSR count). The zero-order valence-corrected chi connectivity index (χ0v) is 12.7. The number of imidazole rings is 1. The quantitative estimate of drug-likeness (QED) is 0.881. The molecule has 1 aromatic heterocycles. The van der Waals surface area contributed by atoms with Gasteiger partial charge in [-0.25, -0.2) is 4.98 Å². The molecule has 1 unspecified atom stereocenters. The maximum Gasteiger partial charge on any atom is 0.123 e. The van der Waals surface area contributed by atoms with Crippen molar-refractivity contribution in [3.05, 3.63) is 40.8 Å². The summed E-state index contributed by atoms with van der Waals surface area (Å²) < 4.78 is 1.09. The largest absolute Gasteiger partial charge is 0.341 e. The highest BCUT2D eigenvalue weighted by Crippen LogP contribution is 2.30. The molecule has 0 bridgehead atoms. The first-order valence-electron chi connectivity index (χ1n) is 6.70. The molecule has 2 N–H and O–H groups in total. The zero-order chi connectivity index (χ0) is 13.4. The van der Waals surface area contributed by atoms with E-state index in [2.05, 4.69) is 57.2 Å². The number of H-pyrrole nitrogens is 1. The first-order valence-corrected chi connectivity index (χ1v) is 7.49. The van der Waals surface area contributed by atoms with Gasteiger partial charge in [-0.15, -0.1) is 0 Å². The maximum absolute atomic E-state index is 4.54. The van der Waals surface area contributed by atoms with Crippen molar-refractivity contribution >= 4 is 15.9 Å². The van der Waals surface area contributed by atoms with Gasteiger partial charge < -0.3 is 10.3 Å². The molecule has 1 aliphatic rings. The summed E-state index contributed by atoms with van der Waals surface area (Å²) in [5, 5.41) is 3.59. The van der Waals surface area contributed by atoms with Crippen LogP contribution in [-0.2, 0) is 0 Å². The van der Waals surface area contributed by atoms with Gasteiger partial charge in [0.05, 0.1) is 17.9 Å². The second kappa shape index (κ2) is 5.10. The molecule has 0 spiro atoms. The summed E-state index contributed by atoms with van der Waals surface area (Å²) >= 11 is 3.45. The number of benzene rings is 1. The van der Waals surface area contributed by atoms with Crippen LogP contribution in [-0.4, -0.2) is 16.0 Å². The molecule has 19 heavy (non-hydrogen) atoms. The van der Waals surface area contributed by atoms with Crippen LogP contribution in [0.3, 0.4) is 0 Å². The van der Waals surface area contributed by atoms with Crippen LogP contribution in [0.4, 0.5) is 0 Å². The summed E-state index contributed by atoms with van der Waals surface area (Å²) in [7, 11) is 0. The van der Waals surface area contributed by atoms with E-state index in [1.807, 2.05) is 18.3 Å². The van der Waals surface area contributed by atoms with Gasteiger partial charge in [-0.3, -0.25) is 0 Å². The Balaban J connectivity index is 1.82.